The number of carbonyl (C=O) groups excluding carboxylic acids is 1. The van der Waals surface area contributed by atoms with E-state index in [0.717, 1.165) is 11.1 Å². The Kier molecular flexibility index (Phi) is 7.58. The van der Waals surface area contributed by atoms with Crippen LogP contribution in [0, 0.1) is 6.07 Å². The van der Waals surface area contributed by atoms with Gasteiger partial charge in [0.1, 0.15) is 5.56 Å². The molecule has 0 fully saturated rings. The van der Waals surface area contributed by atoms with Crippen LogP contribution in [0.3, 0.4) is 0 Å². The van der Waals surface area contributed by atoms with Crippen LogP contribution < -0.4 is 5.43 Å². The first kappa shape index (κ1) is 19.6. The van der Waals surface area contributed by atoms with Gasteiger partial charge < -0.3 is 9.30 Å². The van der Waals surface area contributed by atoms with Crippen molar-refractivity contribution in [2.75, 3.05) is 6.61 Å². The third kappa shape index (κ3) is 4.67. The molecule has 2 aromatic carbocycles. The van der Waals surface area contributed by atoms with E-state index in [-0.39, 0.29) is 17.6 Å². The van der Waals surface area contributed by atoms with Gasteiger partial charge in [0.25, 0.3) is 0 Å². The standard InChI is InChI=1S/C19H16NO3.BrH.Pd/c1-2-23-19(22)16-13-20(12-14-8-4-3-5-9-14)17-11-7-6-10-15(17)18(16)21;;/h3-8,10-11,13H,2,12H2,1H3;1H;/q-1;;+2/p-1. The molecule has 0 aliphatic rings. The Morgan fingerprint density at radius 3 is 2.60 bits per heavy atom. The van der Waals surface area contributed by atoms with Crippen LogP contribution in [0.2, 0.25) is 0 Å². The van der Waals surface area contributed by atoms with Crippen molar-refractivity contribution in [3.63, 3.8) is 0 Å². The van der Waals surface area contributed by atoms with E-state index in [0.29, 0.717) is 11.9 Å². The number of benzene rings is 2. The van der Waals surface area contributed by atoms with Gasteiger partial charge in [-0.1, -0.05) is 12.1 Å². The second-order valence-electron chi connectivity index (χ2n) is 5.13. The van der Waals surface area contributed by atoms with E-state index in [2.05, 4.69) is 36.7 Å². The predicted octanol–water partition coefficient (Wildman–Crippen LogP) is 3.87. The summed E-state index contributed by atoms with van der Waals surface area (Å²) in [5, 5.41) is 0.508. The minimum absolute atomic E-state index is 0.0569. The minimum atomic E-state index is -0.589. The molecule has 25 heavy (non-hydrogen) atoms. The predicted molar refractivity (Wildman–Crippen MR) is 97.5 cm³/mol. The number of fused-ring (bicyclic) bond motifs is 1. The molecule has 132 valence electrons. The Bertz CT molecular complexity index is 909. The molecule has 3 aromatic rings. The van der Waals surface area contributed by atoms with E-state index in [1.165, 1.54) is 0 Å². The Hall–Kier alpha value is -1.74. The van der Waals surface area contributed by atoms with Crippen LogP contribution in [0.5, 0.6) is 0 Å². The average Bonchev–Trinajstić information content (AvgIpc) is 2.67. The van der Waals surface area contributed by atoms with Crippen molar-refractivity contribution in [2.24, 2.45) is 0 Å². The van der Waals surface area contributed by atoms with E-state index in [9.17, 15) is 9.59 Å². The van der Waals surface area contributed by atoms with E-state index in [1.54, 1.807) is 25.3 Å². The van der Waals surface area contributed by atoms with Gasteiger partial charge in [0, 0.05) is 18.1 Å². The summed E-state index contributed by atoms with van der Waals surface area (Å²) < 4.78 is 6.89. The number of rotatable bonds is 4. The topological polar surface area (TPSA) is 48.3 Å². The third-order valence-electron chi connectivity index (χ3n) is 3.60. The number of esters is 1. The fourth-order valence-electron chi connectivity index (χ4n) is 2.54. The quantitative estimate of drug-likeness (QED) is 0.316. The molecule has 0 unspecified atom stereocenters. The summed E-state index contributed by atoms with van der Waals surface area (Å²) in [5.74, 6) is -0.589. The molecule has 4 nitrogen and oxygen atoms in total. The normalized spacial score (nSPS) is 10.1. The molecular weight excluding hydrogens is 477 g/mol. The summed E-state index contributed by atoms with van der Waals surface area (Å²) >= 11 is 5.35. The van der Waals surface area contributed by atoms with Crippen molar-refractivity contribution in [1.29, 1.82) is 0 Å². The summed E-state index contributed by atoms with van der Waals surface area (Å²) in [6.45, 7) is 2.47. The number of pyridine rings is 1. The molecule has 3 rings (SSSR count). The molecule has 0 aliphatic heterocycles. The molecule has 0 spiro atoms. The fraction of sp³-hybridized carbons (Fsp3) is 0.158. The molecule has 0 aliphatic carbocycles. The summed E-state index contributed by atoms with van der Waals surface area (Å²) in [5.41, 5.74) is 1.51. The molecule has 6 heteroatoms. The van der Waals surface area contributed by atoms with E-state index in [4.69, 9.17) is 4.74 Å². The van der Waals surface area contributed by atoms with Crippen LogP contribution in [0.4, 0.5) is 0 Å². The summed E-state index contributed by atoms with van der Waals surface area (Å²) in [6.07, 6.45) is 1.57. The number of hydrogen-bond donors (Lipinski definition) is 0. The maximum absolute atomic E-state index is 12.5. The van der Waals surface area contributed by atoms with Gasteiger partial charge in [0.05, 0.1) is 12.1 Å². The molecule has 0 amide bonds. The SMILES string of the molecule is CCOC(=O)c1cn(Cc2[c-]cccc2)c2ccccc2c1=O.[Br][Pd+]. The van der Waals surface area contributed by atoms with E-state index in [1.807, 2.05) is 41.0 Å². The Morgan fingerprint density at radius 2 is 1.92 bits per heavy atom. The van der Waals surface area contributed by atoms with Crippen molar-refractivity contribution in [3.8, 4) is 0 Å². The van der Waals surface area contributed by atoms with Gasteiger partial charge in [-0.15, -0.1) is 5.56 Å². The molecule has 0 saturated heterocycles. The zero-order chi connectivity index (χ0) is 18.2. The zero-order valence-corrected chi connectivity index (χ0v) is 16.6. The average molecular weight is 493 g/mol. The van der Waals surface area contributed by atoms with Gasteiger partial charge in [-0.25, -0.2) is 4.79 Å². The number of ether oxygens (including phenoxy) is 1. The number of nitrogens with zero attached hydrogens (tertiary/aromatic N) is 1. The van der Waals surface area contributed by atoms with Crippen molar-refractivity contribution in [1.82, 2.24) is 4.57 Å². The monoisotopic (exact) mass is 491 g/mol. The Morgan fingerprint density at radius 1 is 1.20 bits per heavy atom. The van der Waals surface area contributed by atoms with Crippen LogP contribution in [-0.2, 0) is 28.5 Å². The van der Waals surface area contributed by atoms with Crippen LogP contribution >= 0.6 is 13.4 Å². The van der Waals surface area contributed by atoms with Gasteiger partial charge in [-0.2, -0.15) is 30.3 Å². The number of aromatic nitrogens is 1. The molecule has 1 aromatic heterocycles. The Balaban J connectivity index is 0.00000109. The first-order valence-electron chi connectivity index (χ1n) is 7.57. The Labute approximate surface area is 163 Å². The molecule has 1 heterocycles. The van der Waals surface area contributed by atoms with Gasteiger partial charge in [-0.05, 0) is 19.1 Å². The first-order valence-corrected chi connectivity index (χ1v) is 11.1. The molecule has 0 N–H and O–H groups in total. The fourth-order valence-corrected chi connectivity index (χ4v) is 2.54. The second kappa shape index (κ2) is 9.67. The van der Waals surface area contributed by atoms with E-state index >= 15 is 0 Å². The van der Waals surface area contributed by atoms with Crippen LogP contribution in [0.1, 0.15) is 22.8 Å². The number of hydrogen-bond acceptors (Lipinski definition) is 3. The molecular formula is C19H16BrNO3Pd. The molecule has 0 atom stereocenters. The number of carbonyl (C=O) groups is 1. The van der Waals surface area contributed by atoms with Gasteiger partial charge in [0.15, 0.2) is 0 Å². The van der Waals surface area contributed by atoms with Crippen molar-refractivity contribution >= 4 is 30.3 Å². The summed E-state index contributed by atoms with van der Waals surface area (Å²) in [7, 11) is 0. The molecule has 0 radical (unpaired) electrons. The van der Waals surface area contributed by atoms with Gasteiger partial charge >= 0.3 is 36.6 Å². The summed E-state index contributed by atoms with van der Waals surface area (Å²) in [4.78, 5) is 24.6. The maximum atomic E-state index is 12.5. The molecule has 0 bridgehead atoms. The van der Waals surface area contributed by atoms with Crippen LogP contribution in [-0.4, -0.2) is 17.1 Å². The van der Waals surface area contributed by atoms with Crippen molar-refractivity contribution in [2.45, 2.75) is 13.5 Å². The first-order chi connectivity index (χ1) is 12.2. The second-order valence-corrected chi connectivity index (χ2v) is 5.13. The third-order valence-corrected chi connectivity index (χ3v) is 3.60. The number of halogens is 1. The van der Waals surface area contributed by atoms with Crippen molar-refractivity contribution < 1.29 is 26.7 Å². The number of para-hydroxylation sites is 1. The van der Waals surface area contributed by atoms with E-state index < -0.39 is 5.97 Å². The van der Waals surface area contributed by atoms with Crippen molar-refractivity contribution in [3.05, 3.63) is 82.1 Å². The van der Waals surface area contributed by atoms with Gasteiger partial charge in [-0.3, -0.25) is 4.79 Å². The zero-order valence-electron chi connectivity index (χ0n) is 13.5. The van der Waals surface area contributed by atoms with Gasteiger partial charge in [0.2, 0.25) is 5.43 Å². The summed E-state index contributed by atoms with van der Waals surface area (Å²) in [6, 6.07) is 18.0. The molecule has 0 saturated carbocycles. The van der Waals surface area contributed by atoms with Crippen LogP contribution in [0.25, 0.3) is 10.9 Å². The van der Waals surface area contributed by atoms with Crippen LogP contribution in [0.15, 0.2) is 59.5 Å².